The third kappa shape index (κ3) is 2.78. The third-order valence-electron chi connectivity index (χ3n) is 2.80. The molecule has 0 saturated heterocycles. The van der Waals surface area contributed by atoms with Crippen LogP contribution in [0.1, 0.15) is 15.9 Å². The third-order valence-corrected chi connectivity index (χ3v) is 3.24. The Morgan fingerprint density at radius 1 is 1.40 bits per heavy atom. The lowest BCUT2D eigenvalue weighted by Gasteiger charge is -2.18. The maximum absolute atomic E-state index is 12.4. The topological polar surface area (TPSA) is 83.0 Å². The zero-order valence-corrected chi connectivity index (χ0v) is 12.3. The number of hydrogen-bond donors (Lipinski definition) is 1. The van der Waals surface area contributed by atoms with E-state index in [1.807, 2.05) is 6.07 Å². The molecule has 0 unspecified atom stereocenters. The second kappa shape index (κ2) is 5.72. The molecule has 0 fully saturated rings. The Morgan fingerprint density at radius 3 is 2.65 bits per heavy atom. The van der Waals surface area contributed by atoms with Crippen molar-refractivity contribution < 1.29 is 4.79 Å². The molecule has 0 aliphatic heterocycles. The number of carbonyl (C=O) groups excluding carboxylic acids is 1. The van der Waals surface area contributed by atoms with Crippen LogP contribution in [-0.4, -0.2) is 17.9 Å². The Kier molecular flexibility index (Phi) is 4.01. The van der Waals surface area contributed by atoms with Crippen LogP contribution >= 0.6 is 15.9 Å². The van der Waals surface area contributed by atoms with E-state index in [4.69, 9.17) is 11.0 Å². The van der Waals surface area contributed by atoms with Gasteiger partial charge in [-0.05, 0) is 46.3 Å². The van der Waals surface area contributed by atoms with E-state index >= 15 is 0 Å². The molecule has 1 heterocycles. The van der Waals surface area contributed by atoms with Crippen molar-refractivity contribution in [1.29, 1.82) is 5.26 Å². The van der Waals surface area contributed by atoms with Crippen molar-refractivity contribution in [3.05, 3.63) is 52.1 Å². The predicted octanol–water partition coefficient (Wildman–Crippen LogP) is 2.57. The molecule has 6 heteroatoms. The van der Waals surface area contributed by atoms with Gasteiger partial charge in [0.1, 0.15) is 5.82 Å². The average molecular weight is 331 g/mol. The molecular formula is C14H11BrN4O. The van der Waals surface area contributed by atoms with E-state index in [9.17, 15) is 4.79 Å². The van der Waals surface area contributed by atoms with E-state index in [2.05, 4.69) is 20.9 Å². The molecule has 20 heavy (non-hydrogen) atoms. The summed E-state index contributed by atoms with van der Waals surface area (Å²) in [5.41, 5.74) is 7.27. The van der Waals surface area contributed by atoms with Crippen LogP contribution < -0.4 is 10.6 Å². The van der Waals surface area contributed by atoms with E-state index in [1.165, 1.54) is 11.1 Å². The lowest BCUT2D eigenvalue weighted by atomic mass is 10.2. The van der Waals surface area contributed by atoms with Crippen molar-refractivity contribution in [1.82, 2.24) is 4.98 Å². The number of carbonyl (C=O) groups is 1. The summed E-state index contributed by atoms with van der Waals surface area (Å²) in [6.45, 7) is 0. The van der Waals surface area contributed by atoms with Crippen molar-refractivity contribution in [2.45, 2.75) is 0 Å². The van der Waals surface area contributed by atoms with Gasteiger partial charge >= 0.3 is 0 Å². The molecule has 1 aromatic heterocycles. The van der Waals surface area contributed by atoms with E-state index in [0.717, 1.165) is 0 Å². The van der Waals surface area contributed by atoms with Gasteiger partial charge in [0.2, 0.25) is 0 Å². The monoisotopic (exact) mass is 330 g/mol. The number of aromatic nitrogens is 1. The first-order valence-electron chi connectivity index (χ1n) is 5.72. The summed E-state index contributed by atoms with van der Waals surface area (Å²) in [4.78, 5) is 17.8. The normalized spacial score (nSPS) is 9.85. The Labute approximate surface area is 124 Å². The van der Waals surface area contributed by atoms with E-state index in [1.54, 1.807) is 37.4 Å². The number of amides is 1. The summed E-state index contributed by atoms with van der Waals surface area (Å²) in [7, 11) is 1.64. The molecule has 2 rings (SSSR count). The van der Waals surface area contributed by atoms with Gasteiger partial charge in [0, 0.05) is 23.4 Å². The average Bonchev–Trinajstić information content (AvgIpc) is 2.48. The Hall–Kier alpha value is -2.39. The van der Waals surface area contributed by atoms with Gasteiger partial charge in [-0.25, -0.2) is 4.98 Å². The summed E-state index contributed by atoms with van der Waals surface area (Å²) < 4.78 is 0.684. The fraction of sp³-hybridized carbons (Fsp3) is 0.0714. The Morgan fingerprint density at radius 2 is 2.05 bits per heavy atom. The van der Waals surface area contributed by atoms with E-state index in [-0.39, 0.29) is 11.7 Å². The highest BCUT2D eigenvalue weighted by Gasteiger charge is 2.17. The van der Waals surface area contributed by atoms with E-state index < -0.39 is 0 Å². The fourth-order valence-corrected chi connectivity index (χ4v) is 2.01. The molecule has 0 aliphatic carbocycles. The minimum Gasteiger partial charge on any atom is -0.383 e. The predicted molar refractivity (Wildman–Crippen MR) is 80.2 cm³/mol. The number of hydrogen-bond acceptors (Lipinski definition) is 4. The lowest BCUT2D eigenvalue weighted by Crippen LogP contribution is -2.27. The highest BCUT2D eigenvalue weighted by atomic mass is 79.9. The molecular weight excluding hydrogens is 320 g/mol. The van der Waals surface area contributed by atoms with E-state index in [0.29, 0.717) is 21.3 Å². The summed E-state index contributed by atoms with van der Waals surface area (Å²) in [6, 6.07) is 10.4. The van der Waals surface area contributed by atoms with Crippen molar-refractivity contribution in [3.63, 3.8) is 0 Å². The lowest BCUT2D eigenvalue weighted by molar-refractivity contribution is 0.0993. The minimum atomic E-state index is -0.263. The van der Waals surface area contributed by atoms with Crippen molar-refractivity contribution >= 4 is 33.3 Å². The van der Waals surface area contributed by atoms with Crippen molar-refractivity contribution in [2.75, 3.05) is 17.7 Å². The van der Waals surface area contributed by atoms with Crippen LogP contribution in [0, 0.1) is 11.3 Å². The summed E-state index contributed by atoms with van der Waals surface area (Å²) in [6.07, 6.45) is 1.54. The summed E-state index contributed by atoms with van der Waals surface area (Å²) >= 11 is 3.26. The molecule has 0 saturated carbocycles. The second-order valence-electron chi connectivity index (χ2n) is 4.11. The van der Waals surface area contributed by atoms with Gasteiger partial charge in [0.05, 0.1) is 17.2 Å². The van der Waals surface area contributed by atoms with Gasteiger partial charge in [-0.1, -0.05) is 0 Å². The number of pyridine rings is 1. The molecule has 1 aromatic carbocycles. The summed E-state index contributed by atoms with van der Waals surface area (Å²) in [5, 5.41) is 8.76. The van der Waals surface area contributed by atoms with Gasteiger partial charge in [0.15, 0.2) is 0 Å². The number of benzene rings is 1. The standard InChI is InChI=1S/C14H11BrN4O/c1-19(11-4-2-9(7-16)3-5-11)14(20)12-6-10(15)8-18-13(12)17/h2-6,8H,1H3,(H2,17,18). The van der Waals surface area contributed by atoms with Gasteiger partial charge in [0.25, 0.3) is 5.91 Å². The molecule has 0 radical (unpaired) electrons. The van der Waals surface area contributed by atoms with Crippen LogP contribution in [0.3, 0.4) is 0 Å². The highest BCUT2D eigenvalue weighted by molar-refractivity contribution is 9.10. The summed E-state index contributed by atoms with van der Waals surface area (Å²) in [5.74, 6) is -0.0836. The van der Waals surface area contributed by atoms with Gasteiger partial charge in [-0.3, -0.25) is 4.79 Å². The molecule has 1 amide bonds. The highest BCUT2D eigenvalue weighted by Crippen LogP contribution is 2.21. The minimum absolute atomic E-state index is 0.179. The van der Waals surface area contributed by atoms with Crippen LogP contribution in [0.15, 0.2) is 41.0 Å². The maximum atomic E-state index is 12.4. The van der Waals surface area contributed by atoms with Crippen LogP contribution in [0.4, 0.5) is 11.5 Å². The van der Waals surface area contributed by atoms with Gasteiger partial charge in [-0.2, -0.15) is 5.26 Å². The fourth-order valence-electron chi connectivity index (χ4n) is 1.68. The zero-order valence-electron chi connectivity index (χ0n) is 10.7. The molecule has 0 aliphatic rings. The molecule has 0 spiro atoms. The van der Waals surface area contributed by atoms with Crippen LogP contribution in [0.2, 0.25) is 0 Å². The van der Waals surface area contributed by atoms with Crippen molar-refractivity contribution in [3.8, 4) is 6.07 Å². The van der Waals surface area contributed by atoms with Gasteiger partial charge in [-0.15, -0.1) is 0 Å². The van der Waals surface area contributed by atoms with Crippen molar-refractivity contribution in [2.24, 2.45) is 0 Å². The number of anilines is 2. The number of nitrogen functional groups attached to an aromatic ring is 1. The van der Waals surface area contributed by atoms with Crippen LogP contribution in [0.25, 0.3) is 0 Å². The molecule has 100 valence electrons. The molecule has 2 aromatic rings. The smallest absolute Gasteiger partial charge is 0.261 e. The van der Waals surface area contributed by atoms with Crippen LogP contribution in [0.5, 0.6) is 0 Å². The molecule has 0 atom stereocenters. The number of nitrogens with zero attached hydrogens (tertiary/aromatic N) is 3. The number of nitriles is 1. The number of rotatable bonds is 2. The second-order valence-corrected chi connectivity index (χ2v) is 5.02. The molecule has 2 N–H and O–H groups in total. The quantitative estimate of drug-likeness (QED) is 0.917. The maximum Gasteiger partial charge on any atom is 0.261 e. The largest absolute Gasteiger partial charge is 0.383 e. The van der Waals surface area contributed by atoms with Crippen LogP contribution in [-0.2, 0) is 0 Å². The first kappa shape index (κ1) is 14.0. The SMILES string of the molecule is CN(C(=O)c1cc(Br)cnc1N)c1ccc(C#N)cc1. The number of halogens is 1. The Balaban J connectivity index is 2.32. The zero-order chi connectivity index (χ0) is 14.7. The molecule has 0 bridgehead atoms. The first-order chi connectivity index (χ1) is 9.52. The van der Waals surface area contributed by atoms with Gasteiger partial charge < -0.3 is 10.6 Å². The first-order valence-corrected chi connectivity index (χ1v) is 6.51. The number of nitrogens with two attached hydrogens (primary N) is 1. The molecule has 5 nitrogen and oxygen atoms in total. The Bertz CT molecular complexity index is 691.